The molecule has 1 aromatic heterocycles. The summed E-state index contributed by atoms with van der Waals surface area (Å²) in [4.78, 5) is 21.1. The first-order valence-corrected chi connectivity index (χ1v) is 5.43. The van der Waals surface area contributed by atoms with Gasteiger partial charge in [0, 0.05) is 24.0 Å². The van der Waals surface area contributed by atoms with Gasteiger partial charge in [-0.25, -0.2) is 10.0 Å². The van der Waals surface area contributed by atoms with E-state index < -0.39 is 0 Å². The highest BCUT2D eigenvalue weighted by Gasteiger charge is 2.17. The zero-order valence-electron chi connectivity index (χ0n) is 10.5. The molecule has 0 saturated heterocycles. The third kappa shape index (κ3) is 2.00. The molecule has 1 amide bonds. The van der Waals surface area contributed by atoms with E-state index in [1.54, 1.807) is 14.2 Å². The molecule has 0 saturated carbocycles. The first kappa shape index (κ1) is 12.3. The van der Waals surface area contributed by atoms with Gasteiger partial charge in [0.2, 0.25) is 5.88 Å². The van der Waals surface area contributed by atoms with Crippen molar-refractivity contribution in [1.29, 1.82) is 0 Å². The van der Waals surface area contributed by atoms with Crippen molar-refractivity contribution in [1.82, 2.24) is 10.0 Å². The van der Waals surface area contributed by atoms with Gasteiger partial charge in [-0.05, 0) is 6.07 Å². The summed E-state index contributed by atoms with van der Waals surface area (Å²) in [5, 5.41) is 2.75. The van der Waals surface area contributed by atoms with E-state index in [0.717, 1.165) is 15.8 Å². The molecular formula is C13H14N2O3. The zero-order chi connectivity index (χ0) is 13.1. The molecular weight excluding hydrogens is 232 g/mol. The number of hydrogen-bond acceptors (Lipinski definition) is 4. The fraction of sp³-hybridized carbons (Fsp3) is 0.231. The Morgan fingerprint density at radius 2 is 1.89 bits per heavy atom. The lowest BCUT2D eigenvalue weighted by Crippen LogP contribution is -2.25. The largest absolute Gasteiger partial charge is 0.481 e. The van der Waals surface area contributed by atoms with Gasteiger partial charge in [0.15, 0.2) is 0 Å². The second-order valence-electron chi connectivity index (χ2n) is 3.71. The Balaban J connectivity index is 2.63. The minimum Gasteiger partial charge on any atom is -0.481 e. The van der Waals surface area contributed by atoms with E-state index >= 15 is 0 Å². The van der Waals surface area contributed by atoms with Crippen LogP contribution in [0.25, 0.3) is 10.8 Å². The summed E-state index contributed by atoms with van der Waals surface area (Å²) in [5.41, 5.74) is 0.482. The van der Waals surface area contributed by atoms with Crippen LogP contribution in [0.1, 0.15) is 10.4 Å². The predicted octanol–water partition coefficient (Wildman–Crippen LogP) is 1.88. The van der Waals surface area contributed by atoms with Gasteiger partial charge in [-0.1, -0.05) is 18.2 Å². The number of aromatic nitrogens is 1. The quantitative estimate of drug-likeness (QED) is 0.776. The van der Waals surface area contributed by atoms with Crippen molar-refractivity contribution in [3.05, 3.63) is 36.0 Å². The van der Waals surface area contributed by atoms with Crippen molar-refractivity contribution >= 4 is 16.7 Å². The SMILES string of the molecule is COc1ncc(C(=O)N(C)OC)c2ccccc12. The van der Waals surface area contributed by atoms with Gasteiger partial charge < -0.3 is 4.74 Å². The Morgan fingerprint density at radius 1 is 1.22 bits per heavy atom. The highest BCUT2D eigenvalue weighted by atomic mass is 16.7. The number of carbonyl (C=O) groups excluding carboxylic acids is 1. The number of fused-ring (bicyclic) bond motifs is 1. The van der Waals surface area contributed by atoms with E-state index in [0.29, 0.717) is 11.4 Å². The van der Waals surface area contributed by atoms with Crippen LogP contribution in [-0.4, -0.2) is 37.2 Å². The summed E-state index contributed by atoms with van der Waals surface area (Å²) >= 11 is 0. The van der Waals surface area contributed by atoms with Crippen molar-refractivity contribution < 1.29 is 14.4 Å². The van der Waals surface area contributed by atoms with Gasteiger partial charge in [0.05, 0.1) is 19.8 Å². The molecule has 0 radical (unpaired) electrons. The van der Waals surface area contributed by atoms with Crippen LogP contribution in [-0.2, 0) is 4.84 Å². The highest BCUT2D eigenvalue weighted by Crippen LogP contribution is 2.26. The van der Waals surface area contributed by atoms with E-state index in [1.807, 2.05) is 24.3 Å². The Bertz CT molecular complexity index is 583. The van der Waals surface area contributed by atoms with Crippen LogP contribution in [0.15, 0.2) is 30.5 Å². The van der Waals surface area contributed by atoms with Gasteiger partial charge in [-0.3, -0.25) is 9.63 Å². The van der Waals surface area contributed by atoms with Crippen molar-refractivity contribution in [2.45, 2.75) is 0 Å². The van der Waals surface area contributed by atoms with Gasteiger partial charge >= 0.3 is 0 Å². The molecule has 0 bridgehead atoms. The summed E-state index contributed by atoms with van der Waals surface area (Å²) in [6, 6.07) is 7.47. The van der Waals surface area contributed by atoms with E-state index in [-0.39, 0.29) is 5.91 Å². The average Bonchev–Trinajstić information content (AvgIpc) is 2.44. The van der Waals surface area contributed by atoms with Crippen molar-refractivity contribution in [2.75, 3.05) is 21.3 Å². The number of nitrogens with zero attached hydrogens (tertiary/aromatic N) is 2. The minimum atomic E-state index is -0.246. The maximum Gasteiger partial charge on any atom is 0.279 e. The minimum absolute atomic E-state index is 0.246. The second kappa shape index (κ2) is 5.01. The molecule has 0 aliphatic carbocycles. The second-order valence-corrected chi connectivity index (χ2v) is 3.71. The lowest BCUT2D eigenvalue weighted by atomic mass is 10.1. The van der Waals surface area contributed by atoms with Gasteiger partial charge in [0.25, 0.3) is 5.91 Å². The molecule has 5 nitrogen and oxygen atoms in total. The van der Waals surface area contributed by atoms with Crippen LogP contribution in [0.3, 0.4) is 0 Å². The number of hydroxylamine groups is 2. The van der Waals surface area contributed by atoms with Crippen molar-refractivity contribution in [2.24, 2.45) is 0 Å². The molecule has 5 heteroatoms. The highest BCUT2D eigenvalue weighted by molar-refractivity contribution is 6.07. The lowest BCUT2D eigenvalue weighted by Gasteiger charge is -2.15. The number of amides is 1. The summed E-state index contributed by atoms with van der Waals surface area (Å²) in [6.07, 6.45) is 1.50. The summed E-state index contributed by atoms with van der Waals surface area (Å²) in [6.45, 7) is 0. The van der Waals surface area contributed by atoms with Crippen molar-refractivity contribution in [3.8, 4) is 5.88 Å². The van der Waals surface area contributed by atoms with Crippen LogP contribution in [0.5, 0.6) is 5.88 Å². The Hall–Kier alpha value is -2.14. The molecule has 0 aliphatic rings. The smallest absolute Gasteiger partial charge is 0.279 e. The molecule has 2 aromatic rings. The topological polar surface area (TPSA) is 51.7 Å². The van der Waals surface area contributed by atoms with Crippen LogP contribution in [0.4, 0.5) is 0 Å². The van der Waals surface area contributed by atoms with Gasteiger partial charge in [-0.2, -0.15) is 0 Å². The third-order valence-corrected chi connectivity index (χ3v) is 2.74. The summed E-state index contributed by atoms with van der Waals surface area (Å²) < 4.78 is 5.18. The van der Waals surface area contributed by atoms with E-state index in [9.17, 15) is 4.79 Å². The first-order valence-electron chi connectivity index (χ1n) is 5.43. The third-order valence-electron chi connectivity index (χ3n) is 2.74. The van der Waals surface area contributed by atoms with Crippen LogP contribution >= 0.6 is 0 Å². The fourth-order valence-corrected chi connectivity index (χ4v) is 1.75. The summed E-state index contributed by atoms with van der Waals surface area (Å²) in [5.74, 6) is 0.256. The molecule has 0 unspecified atom stereocenters. The maximum absolute atomic E-state index is 12.1. The molecule has 0 spiro atoms. The number of methoxy groups -OCH3 is 1. The molecule has 0 aliphatic heterocycles. The van der Waals surface area contributed by atoms with Crippen molar-refractivity contribution in [3.63, 3.8) is 0 Å². The van der Waals surface area contributed by atoms with E-state index in [4.69, 9.17) is 9.57 Å². The summed E-state index contributed by atoms with van der Waals surface area (Å²) in [7, 11) is 4.55. The number of ether oxygens (including phenoxy) is 1. The zero-order valence-corrected chi connectivity index (χ0v) is 10.5. The molecule has 94 valence electrons. The normalized spacial score (nSPS) is 10.4. The number of pyridine rings is 1. The molecule has 2 rings (SSSR count). The standard InChI is InChI=1S/C13H14N2O3/c1-15(18-3)13(16)11-8-14-12(17-2)10-7-5-4-6-9(10)11/h4-8H,1-3H3. The number of carbonyl (C=O) groups is 1. The molecule has 1 aromatic carbocycles. The molecule has 18 heavy (non-hydrogen) atoms. The first-order chi connectivity index (χ1) is 8.69. The Morgan fingerprint density at radius 3 is 2.50 bits per heavy atom. The van der Waals surface area contributed by atoms with Crippen LogP contribution in [0.2, 0.25) is 0 Å². The maximum atomic E-state index is 12.1. The van der Waals surface area contributed by atoms with Gasteiger partial charge in [0.1, 0.15) is 0 Å². The Labute approximate surface area is 105 Å². The van der Waals surface area contributed by atoms with E-state index in [2.05, 4.69) is 4.98 Å². The number of rotatable bonds is 3. The predicted molar refractivity (Wildman–Crippen MR) is 67.4 cm³/mol. The molecule has 1 heterocycles. The molecule has 0 atom stereocenters. The number of benzene rings is 1. The van der Waals surface area contributed by atoms with E-state index in [1.165, 1.54) is 13.3 Å². The molecule has 0 N–H and O–H groups in total. The van der Waals surface area contributed by atoms with Gasteiger partial charge in [-0.15, -0.1) is 0 Å². The Kier molecular flexibility index (Phi) is 3.43. The lowest BCUT2D eigenvalue weighted by molar-refractivity contribution is -0.0755. The van der Waals surface area contributed by atoms with Crippen LogP contribution < -0.4 is 4.74 Å². The molecule has 0 fully saturated rings. The van der Waals surface area contributed by atoms with Crippen LogP contribution in [0, 0.1) is 0 Å². The number of hydrogen-bond donors (Lipinski definition) is 0. The monoisotopic (exact) mass is 246 g/mol. The average molecular weight is 246 g/mol. The fourth-order valence-electron chi connectivity index (χ4n) is 1.75.